The lowest BCUT2D eigenvalue weighted by atomic mass is 10.1. The smallest absolute Gasteiger partial charge is 0.224 e. The summed E-state index contributed by atoms with van der Waals surface area (Å²) in [4.78, 5) is 14.4. The van der Waals surface area contributed by atoms with Gasteiger partial charge in [0, 0.05) is 30.4 Å². The Morgan fingerprint density at radius 2 is 1.79 bits per heavy atom. The first-order valence-electron chi connectivity index (χ1n) is 8.44. The average molecular weight is 326 g/mol. The second-order valence-corrected chi connectivity index (χ2v) is 6.10. The van der Waals surface area contributed by atoms with Crippen LogP contribution < -0.4 is 10.2 Å². The number of phenols is 1. The Bertz CT molecular complexity index is 666. The summed E-state index contributed by atoms with van der Waals surface area (Å²) in [5, 5.41) is 12.6. The molecule has 2 aromatic carbocycles. The first-order chi connectivity index (χ1) is 11.5. The molecule has 0 bridgehead atoms. The second-order valence-electron chi connectivity index (χ2n) is 6.10. The van der Waals surface area contributed by atoms with Crippen LogP contribution in [0.25, 0.3) is 0 Å². The molecule has 0 radical (unpaired) electrons. The number of anilines is 2. The summed E-state index contributed by atoms with van der Waals surface area (Å²) in [6, 6.07) is 15.5. The summed E-state index contributed by atoms with van der Waals surface area (Å²) in [5.74, 6) is 0.185. The van der Waals surface area contributed by atoms with Crippen molar-refractivity contribution >= 4 is 17.3 Å². The third-order valence-electron chi connectivity index (χ3n) is 4.06. The molecule has 2 aromatic rings. The Morgan fingerprint density at radius 3 is 2.38 bits per heavy atom. The normalized spacial score (nSPS) is 10.7. The molecule has 1 amide bonds. The first-order valence-corrected chi connectivity index (χ1v) is 8.44. The van der Waals surface area contributed by atoms with Crippen LogP contribution in [0.1, 0.15) is 32.8 Å². The van der Waals surface area contributed by atoms with E-state index in [1.165, 1.54) is 0 Å². The van der Waals surface area contributed by atoms with Crippen molar-refractivity contribution in [1.29, 1.82) is 0 Å². The van der Waals surface area contributed by atoms with Crippen LogP contribution in [0.2, 0.25) is 0 Å². The number of carbonyl (C=O) groups is 1. The SMILES string of the molecule is CCN(c1ccc(NC(=O)CCc2ccccc2O)cc1)C(C)C. The van der Waals surface area contributed by atoms with Gasteiger partial charge < -0.3 is 15.3 Å². The molecular weight excluding hydrogens is 300 g/mol. The second kappa shape index (κ2) is 8.39. The number of hydrogen-bond donors (Lipinski definition) is 2. The van der Waals surface area contributed by atoms with Gasteiger partial charge in [-0.1, -0.05) is 18.2 Å². The van der Waals surface area contributed by atoms with Crippen LogP contribution >= 0.6 is 0 Å². The van der Waals surface area contributed by atoms with Gasteiger partial charge in [-0.3, -0.25) is 4.79 Å². The summed E-state index contributed by atoms with van der Waals surface area (Å²) < 4.78 is 0. The van der Waals surface area contributed by atoms with Crippen molar-refractivity contribution in [2.45, 2.75) is 39.7 Å². The summed E-state index contributed by atoms with van der Waals surface area (Å²) in [5.41, 5.74) is 2.74. The van der Waals surface area contributed by atoms with E-state index in [0.29, 0.717) is 18.9 Å². The third kappa shape index (κ3) is 4.75. The lowest BCUT2D eigenvalue weighted by molar-refractivity contribution is -0.116. The quantitative estimate of drug-likeness (QED) is 0.802. The monoisotopic (exact) mass is 326 g/mol. The zero-order valence-electron chi connectivity index (χ0n) is 14.6. The predicted octanol–water partition coefficient (Wildman–Crippen LogP) is 4.20. The van der Waals surface area contributed by atoms with Crippen LogP contribution in [0.3, 0.4) is 0 Å². The maximum absolute atomic E-state index is 12.1. The van der Waals surface area contributed by atoms with Gasteiger partial charge in [0.15, 0.2) is 0 Å². The van der Waals surface area contributed by atoms with Crippen LogP contribution in [-0.2, 0) is 11.2 Å². The molecule has 0 saturated carbocycles. The van der Waals surface area contributed by atoms with Gasteiger partial charge in [0.25, 0.3) is 0 Å². The van der Waals surface area contributed by atoms with E-state index < -0.39 is 0 Å². The van der Waals surface area contributed by atoms with Gasteiger partial charge in [-0.2, -0.15) is 0 Å². The van der Waals surface area contributed by atoms with Gasteiger partial charge in [-0.15, -0.1) is 0 Å². The van der Waals surface area contributed by atoms with Gasteiger partial charge in [-0.05, 0) is 63.1 Å². The number of carbonyl (C=O) groups excluding carboxylic acids is 1. The number of aryl methyl sites for hydroxylation is 1. The number of aromatic hydroxyl groups is 1. The van der Waals surface area contributed by atoms with E-state index in [2.05, 4.69) is 31.0 Å². The van der Waals surface area contributed by atoms with E-state index in [1.807, 2.05) is 36.4 Å². The number of hydrogen-bond acceptors (Lipinski definition) is 3. The van der Waals surface area contributed by atoms with E-state index in [1.54, 1.807) is 12.1 Å². The van der Waals surface area contributed by atoms with Gasteiger partial charge in [0.1, 0.15) is 5.75 Å². The molecule has 4 heteroatoms. The summed E-state index contributed by atoms with van der Waals surface area (Å²) in [7, 11) is 0. The molecule has 0 aliphatic rings. The molecule has 0 saturated heterocycles. The number of rotatable bonds is 7. The molecule has 0 spiro atoms. The van der Waals surface area contributed by atoms with Gasteiger partial charge in [0.2, 0.25) is 5.91 Å². The average Bonchev–Trinajstić information content (AvgIpc) is 2.56. The largest absolute Gasteiger partial charge is 0.508 e. The zero-order chi connectivity index (χ0) is 17.5. The molecule has 0 aliphatic heterocycles. The Morgan fingerprint density at radius 1 is 1.12 bits per heavy atom. The minimum Gasteiger partial charge on any atom is -0.508 e. The Hall–Kier alpha value is -2.49. The third-order valence-corrected chi connectivity index (χ3v) is 4.06. The minimum absolute atomic E-state index is 0.0535. The molecule has 0 aromatic heterocycles. The van der Waals surface area contributed by atoms with Crippen LogP contribution in [0.15, 0.2) is 48.5 Å². The number of amides is 1. The Labute approximate surface area is 144 Å². The molecule has 4 nitrogen and oxygen atoms in total. The van der Waals surface area contributed by atoms with E-state index in [4.69, 9.17) is 0 Å². The number of nitrogens with one attached hydrogen (secondary N) is 1. The fourth-order valence-electron chi connectivity index (χ4n) is 2.78. The van der Waals surface area contributed by atoms with Crippen molar-refractivity contribution in [2.24, 2.45) is 0 Å². The molecule has 0 atom stereocenters. The number of phenolic OH excluding ortho intramolecular Hbond substituents is 1. The van der Waals surface area contributed by atoms with Crippen LogP contribution in [0.5, 0.6) is 5.75 Å². The minimum atomic E-state index is -0.0535. The van der Waals surface area contributed by atoms with Gasteiger partial charge >= 0.3 is 0 Å². The van der Waals surface area contributed by atoms with Crippen molar-refractivity contribution in [1.82, 2.24) is 0 Å². The summed E-state index contributed by atoms with van der Waals surface area (Å²) in [6.07, 6.45) is 0.861. The highest BCUT2D eigenvalue weighted by atomic mass is 16.3. The molecule has 24 heavy (non-hydrogen) atoms. The highest BCUT2D eigenvalue weighted by Crippen LogP contribution is 2.21. The van der Waals surface area contributed by atoms with E-state index >= 15 is 0 Å². The highest BCUT2D eigenvalue weighted by Gasteiger charge is 2.09. The van der Waals surface area contributed by atoms with Crippen molar-refractivity contribution in [3.05, 3.63) is 54.1 Å². The van der Waals surface area contributed by atoms with Crippen molar-refractivity contribution in [3.63, 3.8) is 0 Å². The first kappa shape index (κ1) is 17.9. The van der Waals surface area contributed by atoms with Gasteiger partial charge in [-0.25, -0.2) is 0 Å². The topological polar surface area (TPSA) is 52.6 Å². The zero-order valence-corrected chi connectivity index (χ0v) is 14.6. The van der Waals surface area contributed by atoms with E-state index in [9.17, 15) is 9.90 Å². The maximum atomic E-state index is 12.1. The Balaban J connectivity index is 1.91. The summed E-state index contributed by atoms with van der Waals surface area (Å²) in [6.45, 7) is 7.41. The number of benzene rings is 2. The maximum Gasteiger partial charge on any atom is 0.224 e. The fourth-order valence-corrected chi connectivity index (χ4v) is 2.78. The number of nitrogens with zero attached hydrogens (tertiary/aromatic N) is 1. The van der Waals surface area contributed by atoms with Crippen LogP contribution in [0.4, 0.5) is 11.4 Å². The van der Waals surface area contributed by atoms with Crippen LogP contribution in [-0.4, -0.2) is 23.6 Å². The lowest BCUT2D eigenvalue weighted by Crippen LogP contribution is -2.30. The molecule has 128 valence electrons. The molecule has 0 heterocycles. The summed E-state index contributed by atoms with van der Waals surface area (Å²) >= 11 is 0. The molecular formula is C20H26N2O2. The van der Waals surface area contributed by atoms with Crippen molar-refractivity contribution in [2.75, 3.05) is 16.8 Å². The molecule has 0 aliphatic carbocycles. The molecule has 0 unspecified atom stereocenters. The predicted molar refractivity (Wildman–Crippen MR) is 99.7 cm³/mol. The standard InChI is InChI=1S/C20H26N2O2/c1-4-22(15(2)3)18-12-10-17(11-13-18)21-20(24)14-9-16-7-5-6-8-19(16)23/h5-8,10-13,15,23H,4,9,14H2,1-3H3,(H,21,24). The Kier molecular flexibility index (Phi) is 6.24. The fraction of sp³-hybridized carbons (Fsp3) is 0.350. The van der Waals surface area contributed by atoms with E-state index in [0.717, 1.165) is 23.5 Å². The molecule has 0 fully saturated rings. The number of para-hydroxylation sites is 1. The lowest BCUT2D eigenvalue weighted by Gasteiger charge is -2.27. The molecule has 2 N–H and O–H groups in total. The van der Waals surface area contributed by atoms with Gasteiger partial charge in [0.05, 0.1) is 0 Å². The highest BCUT2D eigenvalue weighted by molar-refractivity contribution is 5.91. The van der Waals surface area contributed by atoms with Crippen molar-refractivity contribution in [3.8, 4) is 5.75 Å². The molecule has 2 rings (SSSR count). The van der Waals surface area contributed by atoms with Crippen molar-refractivity contribution < 1.29 is 9.90 Å². The van der Waals surface area contributed by atoms with E-state index in [-0.39, 0.29) is 11.7 Å². The van der Waals surface area contributed by atoms with Crippen LogP contribution in [0, 0.1) is 0 Å².